The van der Waals surface area contributed by atoms with Crippen LogP contribution in [0.25, 0.3) is 16.7 Å². The number of hydrogen-bond acceptors (Lipinski definition) is 3. The third kappa shape index (κ3) is 2.36. The van der Waals surface area contributed by atoms with Gasteiger partial charge in [0.25, 0.3) is 0 Å². The number of nitrogens with two attached hydrogens (primary N) is 1. The molecule has 4 nitrogen and oxygen atoms in total. The zero-order valence-corrected chi connectivity index (χ0v) is 10.8. The van der Waals surface area contributed by atoms with Crippen molar-refractivity contribution in [2.24, 2.45) is 5.73 Å². The van der Waals surface area contributed by atoms with Gasteiger partial charge in [-0.05, 0) is 29.8 Å². The molecule has 1 heterocycles. The van der Waals surface area contributed by atoms with E-state index in [4.69, 9.17) is 5.73 Å². The van der Waals surface area contributed by atoms with Crippen molar-refractivity contribution in [2.75, 3.05) is 0 Å². The molecule has 2 aromatic carbocycles. The fourth-order valence-electron chi connectivity index (χ4n) is 2.17. The highest BCUT2D eigenvalue weighted by Gasteiger charge is 2.34. The summed E-state index contributed by atoms with van der Waals surface area (Å²) in [7, 11) is 0. The van der Waals surface area contributed by atoms with Crippen molar-refractivity contribution in [1.82, 2.24) is 15.0 Å². The second-order valence-electron chi connectivity index (χ2n) is 4.54. The third-order valence-electron chi connectivity index (χ3n) is 3.18. The van der Waals surface area contributed by atoms with Crippen molar-refractivity contribution in [3.8, 4) is 5.69 Å². The SMILES string of the molecule is NCc1ccc(-n2nnc3ccccc32)c(C(F)(F)F)c1. The average molecular weight is 292 g/mol. The summed E-state index contributed by atoms with van der Waals surface area (Å²) in [6, 6.07) is 10.8. The van der Waals surface area contributed by atoms with Crippen LogP contribution in [0, 0.1) is 0 Å². The summed E-state index contributed by atoms with van der Waals surface area (Å²) in [6.07, 6.45) is -4.49. The molecular formula is C14H11F3N4. The van der Waals surface area contributed by atoms with Gasteiger partial charge in [0.2, 0.25) is 0 Å². The molecule has 0 aliphatic carbocycles. The van der Waals surface area contributed by atoms with Crippen LogP contribution < -0.4 is 5.73 Å². The minimum absolute atomic E-state index is 0.0431. The van der Waals surface area contributed by atoms with Crippen LogP contribution in [-0.2, 0) is 12.7 Å². The van der Waals surface area contributed by atoms with E-state index in [2.05, 4.69) is 10.3 Å². The molecule has 3 aromatic rings. The monoisotopic (exact) mass is 292 g/mol. The van der Waals surface area contributed by atoms with E-state index in [0.717, 1.165) is 6.07 Å². The van der Waals surface area contributed by atoms with Crippen LogP contribution >= 0.6 is 0 Å². The predicted molar refractivity (Wildman–Crippen MR) is 71.8 cm³/mol. The van der Waals surface area contributed by atoms with Crippen LogP contribution in [0.5, 0.6) is 0 Å². The number of rotatable bonds is 2. The fraction of sp³-hybridized carbons (Fsp3) is 0.143. The molecule has 0 fully saturated rings. The van der Waals surface area contributed by atoms with Gasteiger partial charge in [-0.15, -0.1) is 5.10 Å². The maximum Gasteiger partial charge on any atom is 0.418 e. The zero-order chi connectivity index (χ0) is 15.0. The number of aromatic nitrogens is 3. The maximum atomic E-state index is 13.3. The van der Waals surface area contributed by atoms with E-state index >= 15 is 0 Å². The van der Waals surface area contributed by atoms with Crippen LogP contribution in [0.4, 0.5) is 13.2 Å². The van der Waals surface area contributed by atoms with Crippen LogP contribution in [0.1, 0.15) is 11.1 Å². The molecule has 7 heteroatoms. The van der Waals surface area contributed by atoms with Gasteiger partial charge in [-0.25, -0.2) is 4.68 Å². The molecular weight excluding hydrogens is 281 g/mol. The number of halogens is 3. The first-order chi connectivity index (χ1) is 10.0. The maximum absolute atomic E-state index is 13.3. The number of fused-ring (bicyclic) bond motifs is 1. The third-order valence-corrected chi connectivity index (χ3v) is 3.18. The van der Waals surface area contributed by atoms with Crippen molar-refractivity contribution < 1.29 is 13.2 Å². The predicted octanol–water partition coefficient (Wildman–Crippen LogP) is 2.90. The van der Waals surface area contributed by atoms with Crippen LogP contribution in [0.2, 0.25) is 0 Å². The Bertz CT molecular complexity index is 792. The molecule has 1 aromatic heterocycles. The largest absolute Gasteiger partial charge is 0.418 e. The smallest absolute Gasteiger partial charge is 0.326 e. The Hall–Kier alpha value is -2.41. The summed E-state index contributed by atoms with van der Waals surface area (Å²) < 4.78 is 41.0. The van der Waals surface area contributed by atoms with Gasteiger partial charge in [-0.1, -0.05) is 23.4 Å². The molecule has 21 heavy (non-hydrogen) atoms. The number of nitrogens with zero attached hydrogens (tertiary/aromatic N) is 3. The Labute approximate surface area is 118 Å². The second-order valence-corrected chi connectivity index (χ2v) is 4.54. The van der Waals surface area contributed by atoms with Gasteiger partial charge < -0.3 is 5.73 Å². The Balaban J connectivity index is 2.27. The summed E-state index contributed by atoms with van der Waals surface area (Å²) >= 11 is 0. The van der Waals surface area contributed by atoms with E-state index in [9.17, 15) is 13.2 Å². The summed E-state index contributed by atoms with van der Waals surface area (Å²) in [5.41, 5.74) is 6.05. The van der Waals surface area contributed by atoms with Crippen molar-refractivity contribution in [3.63, 3.8) is 0 Å². The number of alkyl halides is 3. The molecule has 0 aliphatic heterocycles. The lowest BCUT2D eigenvalue weighted by molar-refractivity contribution is -0.137. The molecule has 0 aliphatic rings. The molecule has 0 saturated heterocycles. The molecule has 108 valence electrons. The Morgan fingerprint density at radius 2 is 1.86 bits per heavy atom. The molecule has 0 saturated carbocycles. The Morgan fingerprint density at radius 1 is 1.10 bits per heavy atom. The van der Waals surface area contributed by atoms with E-state index in [1.807, 2.05) is 0 Å². The Morgan fingerprint density at radius 3 is 2.57 bits per heavy atom. The quantitative estimate of drug-likeness (QED) is 0.790. The first kappa shape index (κ1) is 13.6. The highest BCUT2D eigenvalue weighted by molar-refractivity contribution is 5.76. The molecule has 0 radical (unpaired) electrons. The van der Waals surface area contributed by atoms with Crippen LogP contribution in [-0.4, -0.2) is 15.0 Å². The second kappa shape index (κ2) is 4.85. The van der Waals surface area contributed by atoms with E-state index < -0.39 is 11.7 Å². The number of para-hydroxylation sites is 1. The highest BCUT2D eigenvalue weighted by Crippen LogP contribution is 2.35. The molecule has 0 atom stereocenters. The normalized spacial score (nSPS) is 12.0. The van der Waals surface area contributed by atoms with Gasteiger partial charge in [0, 0.05) is 6.54 Å². The van der Waals surface area contributed by atoms with Crippen molar-refractivity contribution in [1.29, 1.82) is 0 Å². The fourth-order valence-corrected chi connectivity index (χ4v) is 2.17. The molecule has 0 bridgehead atoms. The molecule has 0 spiro atoms. The highest BCUT2D eigenvalue weighted by atomic mass is 19.4. The molecule has 2 N–H and O–H groups in total. The van der Waals surface area contributed by atoms with E-state index in [-0.39, 0.29) is 12.2 Å². The van der Waals surface area contributed by atoms with Crippen molar-refractivity contribution in [3.05, 3.63) is 53.6 Å². The van der Waals surface area contributed by atoms with E-state index in [1.54, 1.807) is 30.3 Å². The summed E-state index contributed by atoms with van der Waals surface area (Å²) in [5.74, 6) is 0. The number of hydrogen-bond donors (Lipinski definition) is 1. The lowest BCUT2D eigenvalue weighted by atomic mass is 10.1. The van der Waals surface area contributed by atoms with Crippen molar-refractivity contribution in [2.45, 2.75) is 12.7 Å². The molecule has 3 rings (SSSR count). The van der Waals surface area contributed by atoms with Gasteiger partial charge in [0.05, 0.1) is 16.8 Å². The summed E-state index contributed by atoms with van der Waals surface area (Å²) in [6.45, 7) is 0.0431. The lowest BCUT2D eigenvalue weighted by Gasteiger charge is -2.14. The van der Waals surface area contributed by atoms with Gasteiger partial charge in [0.15, 0.2) is 0 Å². The lowest BCUT2D eigenvalue weighted by Crippen LogP contribution is -2.13. The number of benzene rings is 2. The first-order valence-electron chi connectivity index (χ1n) is 6.21. The average Bonchev–Trinajstić information content (AvgIpc) is 2.89. The minimum Gasteiger partial charge on any atom is -0.326 e. The minimum atomic E-state index is -4.49. The van der Waals surface area contributed by atoms with Gasteiger partial charge in [-0.3, -0.25) is 0 Å². The first-order valence-corrected chi connectivity index (χ1v) is 6.21. The van der Waals surface area contributed by atoms with Gasteiger partial charge >= 0.3 is 6.18 Å². The van der Waals surface area contributed by atoms with E-state index in [0.29, 0.717) is 16.6 Å². The summed E-state index contributed by atoms with van der Waals surface area (Å²) in [4.78, 5) is 0. The molecule has 0 unspecified atom stereocenters. The molecule has 0 amide bonds. The standard InChI is InChI=1S/C14H11F3N4/c15-14(16,17)10-7-9(8-18)5-6-12(10)21-13-4-2-1-3-11(13)19-20-21/h1-7H,8,18H2. The topological polar surface area (TPSA) is 56.7 Å². The van der Waals surface area contributed by atoms with Crippen LogP contribution in [0.15, 0.2) is 42.5 Å². The van der Waals surface area contributed by atoms with Crippen LogP contribution in [0.3, 0.4) is 0 Å². The van der Waals surface area contributed by atoms with Crippen molar-refractivity contribution >= 4 is 11.0 Å². The van der Waals surface area contributed by atoms with Gasteiger partial charge in [-0.2, -0.15) is 13.2 Å². The zero-order valence-electron chi connectivity index (χ0n) is 10.8. The summed E-state index contributed by atoms with van der Waals surface area (Å²) in [5, 5.41) is 7.71. The van der Waals surface area contributed by atoms with Gasteiger partial charge in [0.1, 0.15) is 5.52 Å². The van der Waals surface area contributed by atoms with E-state index in [1.165, 1.54) is 10.7 Å². The Kier molecular flexibility index (Phi) is 3.13.